The second-order valence-electron chi connectivity index (χ2n) is 4.34. The minimum atomic E-state index is 0.866. The molecule has 3 heteroatoms. The highest BCUT2D eigenvalue weighted by molar-refractivity contribution is 7.80. The minimum absolute atomic E-state index is 0.866. The number of hydrogen-bond acceptors (Lipinski definition) is 3. The lowest BCUT2D eigenvalue weighted by Crippen LogP contribution is -1.89. The van der Waals surface area contributed by atoms with Crippen LogP contribution in [0.3, 0.4) is 0 Å². The number of rotatable bonds is 6. The molecule has 0 aliphatic rings. The maximum Gasteiger partial charge on any atom is 0.127 e. The van der Waals surface area contributed by atoms with Gasteiger partial charge in [-0.2, -0.15) is 25.3 Å². The molecule has 0 bridgehead atoms. The lowest BCUT2D eigenvalue weighted by molar-refractivity contribution is 0.482. The van der Waals surface area contributed by atoms with E-state index in [1.54, 1.807) is 0 Å². The van der Waals surface area contributed by atoms with E-state index in [0.717, 1.165) is 35.8 Å². The summed E-state index contributed by atoms with van der Waals surface area (Å²) in [6, 6.07) is 16.3. The normalized spacial score (nSPS) is 10.4. The zero-order valence-corrected chi connectivity index (χ0v) is 12.5. The largest absolute Gasteiger partial charge is 0.457 e. The molecule has 0 unspecified atom stereocenters. The van der Waals surface area contributed by atoms with Gasteiger partial charge in [0.2, 0.25) is 0 Å². The molecule has 0 N–H and O–H groups in total. The van der Waals surface area contributed by atoms with Crippen LogP contribution in [0.1, 0.15) is 11.1 Å². The average molecular weight is 290 g/mol. The summed E-state index contributed by atoms with van der Waals surface area (Å²) < 4.78 is 5.81. The smallest absolute Gasteiger partial charge is 0.127 e. The molecule has 0 saturated heterocycles. The monoisotopic (exact) mass is 290 g/mol. The van der Waals surface area contributed by atoms with E-state index in [9.17, 15) is 0 Å². The third kappa shape index (κ3) is 4.51. The quantitative estimate of drug-likeness (QED) is 0.749. The van der Waals surface area contributed by atoms with Gasteiger partial charge in [0.15, 0.2) is 0 Å². The Morgan fingerprint density at radius 3 is 1.32 bits per heavy atom. The summed E-state index contributed by atoms with van der Waals surface area (Å²) in [7, 11) is 0. The van der Waals surface area contributed by atoms with Crippen LogP contribution in [0.25, 0.3) is 0 Å². The fourth-order valence-corrected chi connectivity index (χ4v) is 2.36. The van der Waals surface area contributed by atoms with Gasteiger partial charge in [-0.1, -0.05) is 24.3 Å². The molecule has 0 fully saturated rings. The van der Waals surface area contributed by atoms with Gasteiger partial charge in [0.05, 0.1) is 0 Å². The van der Waals surface area contributed by atoms with Crippen LogP contribution >= 0.6 is 25.3 Å². The van der Waals surface area contributed by atoms with Crippen molar-refractivity contribution >= 4 is 25.3 Å². The van der Waals surface area contributed by atoms with Gasteiger partial charge in [-0.05, 0) is 59.7 Å². The van der Waals surface area contributed by atoms with Crippen molar-refractivity contribution in [2.45, 2.75) is 12.8 Å². The summed E-state index contributed by atoms with van der Waals surface area (Å²) in [5, 5.41) is 0. The lowest BCUT2D eigenvalue weighted by Gasteiger charge is -2.07. The predicted octanol–water partition coefficient (Wildman–Crippen LogP) is 4.42. The van der Waals surface area contributed by atoms with Gasteiger partial charge in [0.25, 0.3) is 0 Å². The van der Waals surface area contributed by atoms with Gasteiger partial charge in [-0.25, -0.2) is 0 Å². The molecule has 0 radical (unpaired) electrons. The van der Waals surface area contributed by atoms with E-state index in [2.05, 4.69) is 49.5 Å². The number of hydrogen-bond donors (Lipinski definition) is 2. The van der Waals surface area contributed by atoms with Crippen LogP contribution in [-0.4, -0.2) is 11.5 Å². The Hall–Kier alpha value is -1.06. The predicted molar refractivity (Wildman–Crippen MR) is 88.1 cm³/mol. The first-order valence-electron chi connectivity index (χ1n) is 6.39. The van der Waals surface area contributed by atoms with Gasteiger partial charge in [0, 0.05) is 0 Å². The zero-order valence-electron chi connectivity index (χ0n) is 10.7. The van der Waals surface area contributed by atoms with E-state index in [1.807, 2.05) is 24.3 Å². The van der Waals surface area contributed by atoms with Crippen LogP contribution in [-0.2, 0) is 12.8 Å². The molecular weight excluding hydrogens is 272 g/mol. The maximum atomic E-state index is 5.81. The molecule has 2 aromatic rings. The van der Waals surface area contributed by atoms with Crippen LogP contribution in [0.4, 0.5) is 0 Å². The standard InChI is InChI=1S/C16H18OS2/c18-11-9-13-1-5-15(6-2-13)17-16-7-3-14(4-8-16)10-12-19/h1-8,18-19H,9-12H2. The van der Waals surface area contributed by atoms with E-state index >= 15 is 0 Å². The van der Waals surface area contributed by atoms with Crippen LogP contribution < -0.4 is 4.74 Å². The van der Waals surface area contributed by atoms with Gasteiger partial charge < -0.3 is 4.74 Å². The van der Waals surface area contributed by atoms with E-state index in [0.29, 0.717) is 0 Å². The fourth-order valence-electron chi connectivity index (χ4n) is 1.84. The van der Waals surface area contributed by atoms with Gasteiger partial charge in [-0.3, -0.25) is 0 Å². The Kier molecular flexibility index (Phi) is 5.67. The van der Waals surface area contributed by atoms with Crippen molar-refractivity contribution in [2.75, 3.05) is 11.5 Å². The summed E-state index contributed by atoms with van der Waals surface area (Å²) in [4.78, 5) is 0. The highest BCUT2D eigenvalue weighted by Gasteiger charge is 1.98. The Bertz CT molecular complexity index is 444. The zero-order chi connectivity index (χ0) is 13.5. The first-order chi connectivity index (χ1) is 9.31. The SMILES string of the molecule is SCCc1ccc(Oc2ccc(CCS)cc2)cc1. The van der Waals surface area contributed by atoms with E-state index in [1.165, 1.54) is 11.1 Å². The molecule has 2 aromatic carbocycles. The number of aryl methyl sites for hydroxylation is 2. The highest BCUT2D eigenvalue weighted by Crippen LogP contribution is 2.22. The summed E-state index contributed by atoms with van der Waals surface area (Å²) in [6.07, 6.45) is 1.98. The van der Waals surface area contributed by atoms with Crippen molar-refractivity contribution in [3.63, 3.8) is 0 Å². The van der Waals surface area contributed by atoms with Crippen LogP contribution in [0.15, 0.2) is 48.5 Å². The Balaban J connectivity index is 1.99. The third-order valence-corrected chi connectivity index (χ3v) is 3.33. The molecule has 19 heavy (non-hydrogen) atoms. The van der Waals surface area contributed by atoms with Crippen molar-refractivity contribution in [3.8, 4) is 11.5 Å². The van der Waals surface area contributed by atoms with Crippen molar-refractivity contribution in [3.05, 3.63) is 59.7 Å². The molecule has 0 saturated carbocycles. The second-order valence-corrected chi connectivity index (χ2v) is 5.23. The van der Waals surface area contributed by atoms with Crippen LogP contribution in [0.5, 0.6) is 11.5 Å². The number of benzene rings is 2. The molecule has 0 aliphatic heterocycles. The molecule has 0 heterocycles. The topological polar surface area (TPSA) is 9.23 Å². The van der Waals surface area contributed by atoms with Gasteiger partial charge in [-0.15, -0.1) is 0 Å². The van der Waals surface area contributed by atoms with Crippen molar-refractivity contribution in [1.82, 2.24) is 0 Å². The fraction of sp³-hybridized carbons (Fsp3) is 0.250. The first kappa shape index (κ1) is 14.4. The Morgan fingerprint density at radius 1 is 0.632 bits per heavy atom. The molecule has 2 rings (SSSR count). The number of thiol groups is 2. The summed E-state index contributed by atoms with van der Waals surface area (Å²) in [5.74, 6) is 3.47. The molecule has 0 atom stereocenters. The van der Waals surface area contributed by atoms with Crippen molar-refractivity contribution < 1.29 is 4.74 Å². The molecule has 0 aromatic heterocycles. The van der Waals surface area contributed by atoms with Gasteiger partial charge >= 0.3 is 0 Å². The maximum absolute atomic E-state index is 5.81. The first-order valence-corrected chi connectivity index (χ1v) is 7.66. The molecule has 0 aliphatic carbocycles. The van der Waals surface area contributed by atoms with E-state index < -0.39 is 0 Å². The number of ether oxygens (including phenoxy) is 1. The molecule has 1 nitrogen and oxygen atoms in total. The van der Waals surface area contributed by atoms with Crippen molar-refractivity contribution in [1.29, 1.82) is 0 Å². The molecule has 100 valence electrons. The Labute approximate surface area is 125 Å². The Morgan fingerprint density at radius 2 is 1.00 bits per heavy atom. The van der Waals surface area contributed by atoms with Gasteiger partial charge in [0.1, 0.15) is 11.5 Å². The highest BCUT2D eigenvalue weighted by atomic mass is 32.1. The molecular formula is C16H18OS2. The van der Waals surface area contributed by atoms with E-state index in [-0.39, 0.29) is 0 Å². The minimum Gasteiger partial charge on any atom is -0.457 e. The summed E-state index contributed by atoms with van der Waals surface area (Å²) in [5.41, 5.74) is 2.57. The summed E-state index contributed by atoms with van der Waals surface area (Å²) >= 11 is 8.46. The lowest BCUT2D eigenvalue weighted by atomic mass is 10.1. The van der Waals surface area contributed by atoms with Crippen LogP contribution in [0, 0.1) is 0 Å². The summed E-state index contributed by atoms with van der Waals surface area (Å²) in [6.45, 7) is 0. The molecule has 0 amide bonds. The van der Waals surface area contributed by atoms with Crippen molar-refractivity contribution in [2.24, 2.45) is 0 Å². The van der Waals surface area contributed by atoms with E-state index in [4.69, 9.17) is 4.74 Å². The second kappa shape index (κ2) is 7.51. The van der Waals surface area contributed by atoms with Crippen LogP contribution in [0.2, 0.25) is 0 Å². The third-order valence-electron chi connectivity index (χ3n) is 2.88. The molecule has 0 spiro atoms. The average Bonchev–Trinajstić information content (AvgIpc) is 2.44.